The van der Waals surface area contributed by atoms with Gasteiger partial charge in [-0.05, 0) is 38.0 Å². The average molecular weight is 391 g/mol. The van der Waals surface area contributed by atoms with E-state index in [2.05, 4.69) is 5.32 Å². The van der Waals surface area contributed by atoms with Crippen molar-refractivity contribution in [1.29, 1.82) is 0 Å². The molecule has 1 saturated carbocycles. The van der Waals surface area contributed by atoms with Crippen LogP contribution in [0, 0.1) is 5.82 Å². The zero-order valence-electron chi connectivity index (χ0n) is 16.4. The van der Waals surface area contributed by atoms with Crippen molar-refractivity contribution in [2.75, 3.05) is 38.6 Å². The van der Waals surface area contributed by atoms with Gasteiger partial charge in [-0.1, -0.05) is 0 Å². The monoisotopic (exact) mass is 391 g/mol. The fraction of sp³-hybridized carbons (Fsp3) is 0.526. The summed E-state index contributed by atoms with van der Waals surface area (Å²) in [6.45, 7) is 2.90. The molecule has 9 heteroatoms. The normalized spacial score (nSPS) is 20.5. The zero-order chi connectivity index (χ0) is 20.6. The number of anilines is 1. The molecule has 28 heavy (non-hydrogen) atoms. The van der Waals surface area contributed by atoms with Crippen molar-refractivity contribution in [1.82, 2.24) is 15.1 Å². The molecule has 2 aliphatic rings. The topological polar surface area (TPSA) is 99.0 Å². The highest BCUT2D eigenvalue weighted by Gasteiger charge is 2.53. The van der Waals surface area contributed by atoms with Crippen molar-refractivity contribution in [3.63, 3.8) is 0 Å². The number of hydrogen-bond acceptors (Lipinski definition) is 4. The van der Waals surface area contributed by atoms with Crippen molar-refractivity contribution < 1.29 is 18.8 Å². The Morgan fingerprint density at radius 3 is 2.43 bits per heavy atom. The summed E-state index contributed by atoms with van der Waals surface area (Å²) in [6.07, 6.45) is 1.14. The maximum absolute atomic E-state index is 14.2. The second-order valence-electron chi connectivity index (χ2n) is 7.73. The summed E-state index contributed by atoms with van der Waals surface area (Å²) in [7, 11) is 3.47. The van der Waals surface area contributed by atoms with E-state index in [1.165, 1.54) is 6.07 Å². The van der Waals surface area contributed by atoms with Gasteiger partial charge in [-0.3, -0.25) is 9.59 Å². The van der Waals surface area contributed by atoms with Crippen LogP contribution in [-0.4, -0.2) is 73.0 Å². The van der Waals surface area contributed by atoms with E-state index in [0.29, 0.717) is 38.2 Å². The predicted molar refractivity (Wildman–Crippen MR) is 102 cm³/mol. The lowest BCUT2D eigenvalue weighted by atomic mass is 10.1. The smallest absolute Gasteiger partial charge is 0.313 e. The van der Waals surface area contributed by atoms with Crippen molar-refractivity contribution in [2.24, 2.45) is 5.73 Å². The minimum atomic E-state index is -0.886. The minimum absolute atomic E-state index is 0.161. The first-order valence-electron chi connectivity index (χ1n) is 9.29. The first-order valence-corrected chi connectivity index (χ1v) is 9.29. The molecule has 1 aliphatic carbocycles. The standard InChI is InChI=1S/C19H26FN5O3/c1-12-11-24(17(27)19(6-7-19)22-18(21)28)8-9-25(12)16(26)13-4-5-15(23(2)3)14(20)10-13/h4-5,10,12H,6-9,11H2,1-3H3,(H3,21,22,28)/t12-/m0/s1. The molecule has 1 aromatic rings. The maximum Gasteiger partial charge on any atom is 0.313 e. The van der Waals surface area contributed by atoms with Crippen LogP contribution < -0.4 is 16.0 Å². The number of carbonyl (C=O) groups is 3. The maximum atomic E-state index is 14.2. The van der Waals surface area contributed by atoms with E-state index >= 15 is 0 Å². The molecule has 8 nitrogen and oxygen atoms in total. The molecule has 1 atom stereocenters. The summed E-state index contributed by atoms with van der Waals surface area (Å²) in [5.74, 6) is -0.877. The lowest BCUT2D eigenvalue weighted by Gasteiger charge is -2.41. The van der Waals surface area contributed by atoms with Crippen molar-refractivity contribution >= 4 is 23.5 Å². The molecular formula is C19H26FN5O3. The van der Waals surface area contributed by atoms with Gasteiger partial charge in [0.1, 0.15) is 11.4 Å². The van der Waals surface area contributed by atoms with Gasteiger partial charge in [0.2, 0.25) is 5.91 Å². The van der Waals surface area contributed by atoms with Crippen LogP contribution >= 0.6 is 0 Å². The predicted octanol–water partition coefficient (Wildman–Crippen LogP) is 0.766. The number of nitrogens with zero attached hydrogens (tertiary/aromatic N) is 3. The first kappa shape index (κ1) is 19.9. The number of rotatable bonds is 4. The van der Waals surface area contributed by atoms with Gasteiger partial charge in [-0.15, -0.1) is 0 Å². The number of carbonyl (C=O) groups excluding carboxylic acids is 3. The molecule has 4 amide bonds. The molecule has 3 N–H and O–H groups in total. The van der Waals surface area contributed by atoms with Gasteiger partial charge in [0.05, 0.1) is 5.69 Å². The molecule has 0 spiro atoms. The van der Waals surface area contributed by atoms with E-state index in [9.17, 15) is 18.8 Å². The van der Waals surface area contributed by atoms with Gasteiger partial charge in [-0.25, -0.2) is 9.18 Å². The lowest BCUT2D eigenvalue weighted by molar-refractivity contribution is -0.136. The highest BCUT2D eigenvalue weighted by Crippen LogP contribution is 2.37. The molecule has 3 rings (SSSR count). The quantitative estimate of drug-likeness (QED) is 0.792. The fourth-order valence-corrected chi connectivity index (χ4v) is 3.67. The van der Waals surface area contributed by atoms with E-state index < -0.39 is 17.4 Å². The first-order chi connectivity index (χ1) is 13.1. The van der Waals surface area contributed by atoms with Gasteiger partial charge in [-0.2, -0.15) is 0 Å². The SMILES string of the molecule is C[C@H]1CN(C(=O)C2(NC(N)=O)CC2)CCN1C(=O)c1ccc(N(C)C)c(F)c1. The molecule has 0 bridgehead atoms. The summed E-state index contributed by atoms with van der Waals surface area (Å²) in [4.78, 5) is 41.7. The molecule has 0 aromatic heterocycles. The Bertz CT molecular complexity index is 809. The van der Waals surface area contributed by atoms with Crippen molar-refractivity contribution in [2.45, 2.75) is 31.3 Å². The van der Waals surface area contributed by atoms with Crippen LogP contribution in [0.2, 0.25) is 0 Å². The molecule has 1 aliphatic heterocycles. The number of hydrogen-bond donors (Lipinski definition) is 2. The molecule has 1 heterocycles. The Kier molecular flexibility index (Phi) is 5.18. The summed E-state index contributed by atoms with van der Waals surface area (Å²) >= 11 is 0. The number of halogens is 1. The number of benzene rings is 1. The highest BCUT2D eigenvalue weighted by atomic mass is 19.1. The fourth-order valence-electron chi connectivity index (χ4n) is 3.67. The van der Waals surface area contributed by atoms with Crippen molar-refractivity contribution in [3.05, 3.63) is 29.6 Å². The number of piperazine rings is 1. The summed E-state index contributed by atoms with van der Waals surface area (Å²) < 4.78 is 14.2. The van der Waals surface area contributed by atoms with E-state index in [1.54, 1.807) is 40.9 Å². The van der Waals surface area contributed by atoms with Crippen LogP contribution in [-0.2, 0) is 4.79 Å². The summed E-state index contributed by atoms with van der Waals surface area (Å²) in [6, 6.07) is 3.50. The lowest BCUT2D eigenvalue weighted by Crippen LogP contribution is -2.60. The van der Waals surface area contributed by atoms with Crippen LogP contribution in [0.15, 0.2) is 18.2 Å². The number of primary amides is 1. The largest absolute Gasteiger partial charge is 0.375 e. The Morgan fingerprint density at radius 1 is 1.25 bits per heavy atom. The number of amides is 4. The third-order valence-corrected chi connectivity index (χ3v) is 5.37. The van der Waals surface area contributed by atoms with Crippen LogP contribution in [0.3, 0.4) is 0 Å². The van der Waals surface area contributed by atoms with E-state index in [1.807, 2.05) is 6.92 Å². The molecular weight excluding hydrogens is 365 g/mol. The number of nitrogens with two attached hydrogens (primary N) is 1. The van der Waals surface area contributed by atoms with Crippen molar-refractivity contribution in [3.8, 4) is 0 Å². The Morgan fingerprint density at radius 2 is 1.93 bits per heavy atom. The minimum Gasteiger partial charge on any atom is -0.375 e. The molecule has 152 valence electrons. The van der Waals surface area contributed by atoms with Gasteiger partial charge in [0.25, 0.3) is 5.91 Å². The average Bonchev–Trinajstić information content (AvgIpc) is 3.39. The van der Waals surface area contributed by atoms with Gasteiger partial charge < -0.3 is 25.8 Å². The second-order valence-corrected chi connectivity index (χ2v) is 7.73. The Hall–Kier alpha value is -2.84. The molecule has 0 unspecified atom stereocenters. The Balaban J connectivity index is 1.67. The van der Waals surface area contributed by atoms with E-state index in [0.717, 1.165) is 0 Å². The van der Waals surface area contributed by atoms with Crippen LogP contribution in [0.25, 0.3) is 0 Å². The number of urea groups is 1. The second kappa shape index (κ2) is 7.29. The Labute approximate surface area is 163 Å². The highest BCUT2D eigenvalue weighted by molar-refractivity contribution is 5.96. The van der Waals surface area contributed by atoms with Gasteiger partial charge in [0.15, 0.2) is 0 Å². The van der Waals surface area contributed by atoms with Gasteiger partial charge >= 0.3 is 6.03 Å². The number of nitrogens with one attached hydrogen (secondary N) is 1. The van der Waals surface area contributed by atoms with Crippen LogP contribution in [0.1, 0.15) is 30.1 Å². The van der Waals surface area contributed by atoms with Gasteiger partial charge in [0, 0.05) is 45.3 Å². The molecule has 2 fully saturated rings. The van der Waals surface area contributed by atoms with E-state index in [-0.39, 0.29) is 23.4 Å². The molecule has 1 aromatic carbocycles. The summed E-state index contributed by atoms with van der Waals surface area (Å²) in [5, 5.41) is 2.54. The van der Waals surface area contributed by atoms with Crippen LogP contribution in [0.5, 0.6) is 0 Å². The third kappa shape index (κ3) is 3.74. The third-order valence-electron chi connectivity index (χ3n) is 5.37. The zero-order valence-corrected chi connectivity index (χ0v) is 16.4. The molecule has 1 saturated heterocycles. The molecule has 0 radical (unpaired) electrons. The van der Waals surface area contributed by atoms with Crippen LogP contribution in [0.4, 0.5) is 14.9 Å². The van der Waals surface area contributed by atoms with E-state index in [4.69, 9.17) is 5.73 Å². The summed E-state index contributed by atoms with van der Waals surface area (Å²) in [5.41, 5.74) is 4.98.